The van der Waals surface area contributed by atoms with E-state index in [1.165, 1.54) is 17.9 Å². The topological polar surface area (TPSA) is 32.3 Å². The second-order valence-corrected chi connectivity index (χ2v) is 4.30. The average Bonchev–Trinajstić information content (AvgIpc) is 2.39. The van der Waals surface area contributed by atoms with Crippen molar-refractivity contribution in [2.75, 3.05) is 18.1 Å². The zero-order valence-corrected chi connectivity index (χ0v) is 7.86. The van der Waals surface area contributed by atoms with Crippen LogP contribution in [0.4, 0.5) is 0 Å². The van der Waals surface area contributed by atoms with Crippen LogP contribution < -0.4 is 5.32 Å². The van der Waals surface area contributed by atoms with Crippen molar-refractivity contribution < 1.29 is 5.11 Å². The van der Waals surface area contributed by atoms with Gasteiger partial charge in [0.25, 0.3) is 0 Å². The van der Waals surface area contributed by atoms with Crippen LogP contribution in [0.2, 0.25) is 0 Å². The molecule has 1 heterocycles. The van der Waals surface area contributed by atoms with Gasteiger partial charge in [-0.3, -0.25) is 0 Å². The predicted molar refractivity (Wildman–Crippen MR) is 50.0 cm³/mol. The molecule has 0 spiro atoms. The second kappa shape index (κ2) is 5.01. The summed E-state index contributed by atoms with van der Waals surface area (Å²) in [4.78, 5) is 0. The maximum absolute atomic E-state index is 8.98. The van der Waals surface area contributed by atoms with Gasteiger partial charge in [-0.05, 0) is 32.1 Å². The predicted octanol–water partition coefficient (Wildman–Crippen LogP) is 0.852. The third kappa shape index (κ3) is 3.99. The molecule has 0 radical (unpaired) electrons. The van der Waals surface area contributed by atoms with Crippen LogP contribution in [0.3, 0.4) is 0 Å². The van der Waals surface area contributed by atoms with Gasteiger partial charge in [-0.15, -0.1) is 0 Å². The van der Waals surface area contributed by atoms with Crippen LogP contribution in [0.1, 0.15) is 19.8 Å². The Hall–Kier alpha value is 0.270. The molecule has 0 bridgehead atoms. The van der Waals surface area contributed by atoms with Gasteiger partial charge < -0.3 is 10.4 Å². The molecule has 0 aromatic heterocycles. The molecule has 2 nitrogen and oxygen atoms in total. The highest BCUT2D eigenvalue weighted by Gasteiger charge is 2.13. The molecule has 3 heteroatoms. The van der Waals surface area contributed by atoms with E-state index in [-0.39, 0.29) is 6.10 Å². The Bertz CT molecular complexity index is 102. The number of rotatable bonds is 4. The highest BCUT2D eigenvalue weighted by Crippen LogP contribution is 2.16. The van der Waals surface area contributed by atoms with Crippen molar-refractivity contribution in [3.05, 3.63) is 0 Å². The fourth-order valence-electron chi connectivity index (χ4n) is 1.19. The van der Waals surface area contributed by atoms with Crippen molar-refractivity contribution in [1.29, 1.82) is 0 Å². The molecule has 1 aliphatic rings. The summed E-state index contributed by atoms with van der Waals surface area (Å²) in [6.45, 7) is 2.80. The van der Waals surface area contributed by atoms with Crippen LogP contribution in [-0.4, -0.2) is 35.3 Å². The minimum Gasteiger partial charge on any atom is -0.393 e. The first kappa shape index (κ1) is 9.36. The molecule has 11 heavy (non-hydrogen) atoms. The zero-order valence-electron chi connectivity index (χ0n) is 7.05. The smallest absolute Gasteiger partial charge is 0.0524 e. The van der Waals surface area contributed by atoms with Gasteiger partial charge in [-0.1, -0.05) is 0 Å². The lowest BCUT2D eigenvalue weighted by atomic mass is 10.2. The van der Waals surface area contributed by atoms with E-state index >= 15 is 0 Å². The minimum atomic E-state index is -0.156. The summed E-state index contributed by atoms with van der Waals surface area (Å²) in [5.41, 5.74) is 0. The molecule has 2 unspecified atom stereocenters. The standard InChI is InChI=1S/C8H17NOS/c1-7(10)2-4-9-8-3-5-11-6-8/h7-10H,2-6H2,1H3. The maximum atomic E-state index is 8.98. The van der Waals surface area contributed by atoms with Crippen LogP contribution in [0.5, 0.6) is 0 Å². The molecule has 1 rings (SSSR count). The van der Waals surface area contributed by atoms with E-state index in [4.69, 9.17) is 5.11 Å². The Morgan fingerprint density at radius 1 is 1.73 bits per heavy atom. The first-order valence-electron chi connectivity index (χ1n) is 4.28. The zero-order chi connectivity index (χ0) is 8.10. The normalized spacial score (nSPS) is 27.3. The van der Waals surface area contributed by atoms with Gasteiger partial charge >= 0.3 is 0 Å². The molecule has 2 atom stereocenters. The van der Waals surface area contributed by atoms with E-state index in [0.717, 1.165) is 13.0 Å². The quantitative estimate of drug-likeness (QED) is 0.664. The number of thioether (sulfide) groups is 1. The molecule has 1 fully saturated rings. The summed E-state index contributed by atoms with van der Waals surface area (Å²) in [5.74, 6) is 2.55. The SMILES string of the molecule is CC(O)CCNC1CCSC1. The summed E-state index contributed by atoms with van der Waals surface area (Å²) in [7, 11) is 0. The van der Waals surface area contributed by atoms with Crippen molar-refractivity contribution in [3.8, 4) is 0 Å². The van der Waals surface area contributed by atoms with Crippen molar-refractivity contribution in [2.45, 2.75) is 31.9 Å². The fourth-order valence-corrected chi connectivity index (χ4v) is 2.38. The lowest BCUT2D eigenvalue weighted by Crippen LogP contribution is -2.30. The van der Waals surface area contributed by atoms with Gasteiger partial charge in [0.1, 0.15) is 0 Å². The van der Waals surface area contributed by atoms with Crippen molar-refractivity contribution in [2.24, 2.45) is 0 Å². The van der Waals surface area contributed by atoms with Gasteiger partial charge in [0.2, 0.25) is 0 Å². The summed E-state index contributed by atoms with van der Waals surface area (Å²) >= 11 is 2.02. The van der Waals surface area contributed by atoms with E-state index < -0.39 is 0 Å². The molecule has 0 saturated carbocycles. The summed E-state index contributed by atoms with van der Waals surface area (Å²) in [5, 5.41) is 12.4. The first-order chi connectivity index (χ1) is 5.29. The van der Waals surface area contributed by atoms with E-state index in [2.05, 4.69) is 5.32 Å². The second-order valence-electron chi connectivity index (χ2n) is 3.15. The molecule has 1 aliphatic heterocycles. The Balaban J connectivity index is 1.94. The lowest BCUT2D eigenvalue weighted by Gasteiger charge is -2.11. The maximum Gasteiger partial charge on any atom is 0.0524 e. The number of aliphatic hydroxyl groups excluding tert-OH is 1. The number of hydrogen-bond donors (Lipinski definition) is 2. The lowest BCUT2D eigenvalue weighted by molar-refractivity contribution is 0.182. The van der Waals surface area contributed by atoms with E-state index in [1.54, 1.807) is 0 Å². The minimum absolute atomic E-state index is 0.156. The van der Waals surface area contributed by atoms with Crippen LogP contribution in [0, 0.1) is 0 Å². The third-order valence-corrected chi connectivity index (χ3v) is 3.09. The number of hydrogen-bond acceptors (Lipinski definition) is 3. The van der Waals surface area contributed by atoms with Crippen molar-refractivity contribution in [1.82, 2.24) is 5.32 Å². The van der Waals surface area contributed by atoms with Crippen molar-refractivity contribution in [3.63, 3.8) is 0 Å². The van der Waals surface area contributed by atoms with Gasteiger partial charge in [0.15, 0.2) is 0 Å². The summed E-state index contributed by atoms with van der Waals surface area (Å²) < 4.78 is 0. The molecule has 2 N–H and O–H groups in total. The Kier molecular flexibility index (Phi) is 4.26. The Labute approximate surface area is 72.8 Å². The first-order valence-corrected chi connectivity index (χ1v) is 5.43. The molecule has 0 aromatic rings. The van der Waals surface area contributed by atoms with Gasteiger partial charge in [0, 0.05) is 11.8 Å². The molecular formula is C8H17NOS. The Morgan fingerprint density at radius 2 is 2.55 bits per heavy atom. The van der Waals surface area contributed by atoms with Crippen LogP contribution in [0.15, 0.2) is 0 Å². The monoisotopic (exact) mass is 175 g/mol. The molecule has 0 aromatic carbocycles. The van der Waals surface area contributed by atoms with E-state index in [0.29, 0.717) is 6.04 Å². The van der Waals surface area contributed by atoms with E-state index in [1.807, 2.05) is 18.7 Å². The van der Waals surface area contributed by atoms with E-state index in [9.17, 15) is 0 Å². The highest BCUT2D eigenvalue weighted by atomic mass is 32.2. The third-order valence-electron chi connectivity index (χ3n) is 1.92. The van der Waals surface area contributed by atoms with Gasteiger partial charge in [-0.2, -0.15) is 11.8 Å². The number of aliphatic hydroxyl groups is 1. The molecular weight excluding hydrogens is 158 g/mol. The molecule has 0 aliphatic carbocycles. The Morgan fingerprint density at radius 3 is 3.09 bits per heavy atom. The largest absolute Gasteiger partial charge is 0.393 e. The summed E-state index contributed by atoms with van der Waals surface area (Å²) in [6, 6.07) is 0.707. The highest BCUT2D eigenvalue weighted by molar-refractivity contribution is 7.99. The van der Waals surface area contributed by atoms with Crippen LogP contribution >= 0.6 is 11.8 Å². The van der Waals surface area contributed by atoms with Crippen LogP contribution in [0.25, 0.3) is 0 Å². The molecule has 1 saturated heterocycles. The molecule has 0 amide bonds. The van der Waals surface area contributed by atoms with Crippen LogP contribution in [-0.2, 0) is 0 Å². The van der Waals surface area contributed by atoms with Gasteiger partial charge in [-0.25, -0.2) is 0 Å². The number of nitrogens with one attached hydrogen (secondary N) is 1. The molecule has 66 valence electrons. The average molecular weight is 175 g/mol. The fraction of sp³-hybridized carbons (Fsp3) is 1.00. The van der Waals surface area contributed by atoms with Crippen molar-refractivity contribution >= 4 is 11.8 Å². The van der Waals surface area contributed by atoms with Gasteiger partial charge in [0.05, 0.1) is 6.10 Å². The summed E-state index contributed by atoms with van der Waals surface area (Å²) in [6.07, 6.45) is 2.02.